The third-order valence-electron chi connectivity index (χ3n) is 2.72. The lowest BCUT2D eigenvalue weighted by Crippen LogP contribution is -2.41. The second kappa shape index (κ2) is 6.15. The first-order chi connectivity index (χ1) is 9.91. The zero-order chi connectivity index (χ0) is 15.5. The van der Waals surface area contributed by atoms with Crippen LogP contribution in [0.25, 0.3) is 0 Å². The van der Waals surface area contributed by atoms with E-state index in [9.17, 15) is 18.3 Å². The van der Waals surface area contributed by atoms with Crippen molar-refractivity contribution in [2.45, 2.75) is 4.90 Å². The third kappa shape index (κ3) is 3.53. The molecular formula is C14H11ClNO4S-. The number of carbonyl (C=O) groups excluding carboxylic acids is 1. The number of aliphatic carboxylic acids is 1. The Morgan fingerprint density at radius 1 is 1.05 bits per heavy atom. The predicted octanol–water partition coefficient (Wildman–Crippen LogP) is 1.29. The van der Waals surface area contributed by atoms with Gasteiger partial charge in [0.2, 0.25) is 0 Å². The van der Waals surface area contributed by atoms with E-state index in [0.717, 1.165) is 4.31 Å². The predicted molar refractivity (Wildman–Crippen MR) is 77.4 cm³/mol. The molecule has 2 aromatic rings. The van der Waals surface area contributed by atoms with Gasteiger partial charge in [0.05, 0.1) is 23.1 Å². The van der Waals surface area contributed by atoms with Gasteiger partial charge in [-0.1, -0.05) is 29.8 Å². The van der Waals surface area contributed by atoms with Crippen LogP contribution >= 0.6 is 11.6 Å². The summed E-state index contributed by atoms with van der Waals surface area (Å²) in [4.78, 5) is 10.9. The van der Waals surface area contributed by atoms with E-state index in [1.807, 2.05) is 0 Å². The largest absolute Gasteiger partial charge is 0.548 e. The molecule has 0 bridgehead atoms. The summed E-state index contributed by atoms with van der Waals surface area (Å²) in [5.41, 5.74) is 0.201. The van der Waals surface area contributed by atoms with Gasteiger partial charge in [-0.05, 0) is 36.4 Å². The van der Waals surface area contributed by atoms with Gasteiger partial charge < -0.3 is 9.90 Å². The van der Waals surface area contributed by atoms with E-state index >= 15 is 0 Å². The van der Waals surface area contributed by atoms with Gasteiger partial charge in [0.1, 0.15) is 0 Å². The molecule has 0 unspecified atom stereocenters. The number of nitrogens with zero attached hydrogens (tertiary/aromatic N) is 1. The fraction of sp³-hybridized carbons (Fsp3) is 0.0714. The van der Waals surface area contributed by atoms with Gasteiger partial charge in [0.15, 0.2) is 0 Å². The molecule has 7 heteroatoms. The van der Waals surface area contributed by atoms with Crippen LogP contribution < -0.4 is 9.41 Å². The molecule has 0 heterocycles. The van der Waals surface area contributed by atoms with Crippen molar-refractivity contribution >= 4 is 33.3 Å². The Labute approximate surface area is 127 Å². The van der Waals surface area contributed by atoms with Crippen molar-refractivity contribution < 1.29 is 18.3 Å². The van der Waals surface area contributed by atoms with Crippen LogP contribution in [0.3, 0.4) is 0 Å². The lowest BCUT2D eigenvalue weighted by Gasteiger charge is -2.25. The quantitative estimate of drug-likeness (QED) is 0.830. The Hall–Kier alpha value is -2.05. The molecule has 0 saturated carbocycles. The highest BCUT2D eigenvalue weighted by Gasteiger charge is 2.24. The Morgan fingerprint density at radius 3 is 2.14 bits per heavy atom. The molecular weight excluding hydrogens is 314 g/mol. The summed E-state index contributed by atoms with van der Waals surface area (Å²) < 4.78 is 25.9. The Kier molecular flexibility index (Phi) is 4.50. The van der Waals surface area contributed by atoms with E-state index in [2.05, 4.69) is 0 Å². The van der Waals surface area contributed by atoms with Crippen LogP contribution in [0.4, 0.5) is 5.69 Å². The summed E-state index contributed by atoms with van der Waals surface area (Å²) in [5, 5.41) is 11.3. The fourth-order valence-corrected chi connectivity index (χ4v) is 3.32. The van der Waals surface area contributed by atoms with Crippen LogP contribution in [0.5, 0.6) is 0 Å². The Balaban J connectivity index is 2.50. The van der Waals surface area contributed by atoms with E-state index in [1.165, 1.54) is 36.4 Å². The summed E-state index contributed by atoms with van der Waals surface area (Å²) in [6.07, 6.45) is 0. The summed E-state index contributed by atoms with van der Waals surface area (Å²) in [7, 11) is -3.99. The number of halogens is 1. The summed E-state index contributed by atoms with van der Waals surface area (Å²) >= 11 is 5.76. The molecule has 0 radical (unpaired) electrons. The minimum atomic E-state index is -3.99. The topological polar surface area (TPSA) is 77.5 Å². The number of carbonyl (C=O) groups is 1. The molecule has 0 aliphatic rings. The molecule has 2 aromatic carbocycles. The first kappa shape index (κ1) is 15.3. The number of sulfonamides is 1. The molecule has 0 aromatic heterocycles. The minimum absolute atomic E-state index is 0.00111. The van der Waals surface area contributed by atoms with E-state index in [1.54, 1.807) is 18.2 Å². The van der Waals surface area contributed by atoms with E-state index in [0.29, 0.717) is 5.02 Å². The molecule has 2 rings (SSSR count). The Morgan fingerprint density at radius 2 is 1.62 bits per heavy atom. The van der Waals surface area contributed by atoms with Crippen molar-refractivity contribution in [1.82, 2.24) is 0 Å². The molecule has 0 N–H and O–H groups in total. The molecule has 0 spiro atoms. The van der Waals surface area contributed by atoms with Crippen molar-refractivity contribution in [3.8, 4) is 0 Å². The van der Waals surface area contributed by atoms with Crippen molar-refractivity contribution in [2.24, 2.45) is 0 Å². The van der Waals surface area contributed by atoms with Crippen LogP contribution in [0, 0.1) is 0 Å². The smallest absolute Gasteiger partial charge is 0.264 e. The van der Waals surface area contributed by atoms with Crippen LogP contribution in [0.1, 0.15) is 0 Å². The van der Waals surface area contributed by atoms with Crippen LogP contribution in [0.15, 0.2) is 59.5 Å². The highest BCUT2D eigenvalue weighted by molar-refractivity contribution is 7.92. The number of carboxylic acids is 1. The van der Waals surface area contributed by atoms with Crippen molar-refractivity contribution in [3.63, 3.8) is 0 Å². The van der Waals surface area contributed by atoms with Gasteiger partial charge in [-0.15, -0.1) is 0 Å². The average molecular weight is 325 g/mol. The molecule has 0 amide bonds. The van der Waals surface area contributed by atoms with E-state index in [-0.39, 0.29) is 10.6 Å². The van der Waals surface area contributed by atoms with Gasteiger partial charge in [-0.3, -0.25) is 4.31 Å². The number of carboxylic acid groups (broad SMARTS) is 1. The van der Waals surface area contributed by atoms with E-state index in [4.69, 9.17) is 11.6 Å². The van der Waals surface area contributed by atoms with Crippen LogP contribution in [-0.4, -0.2) is 20.9 Å². The molecule has 0 saturated heterocycles. The average Bonchev–Trinajstić information content (AvgIpc) is 2.46. The molecule has 0 fully saturated rings. The highest BCUT2D eigenvalue weighted by atomic mass is 35.5. The van der Waals surface area contributed by atoms with Crippen molar-refractivity contribution in [3.05, 3.63) is 59.6 Å². The zero-order valence-corrected chi connectivity index (χ0v) is 12.3. The molecule has 110 valence electrons. The molecule has 21 heavy (non-hydrogen) atoms. The maximum Gasteiger partial charge on any atom is 0.264 e. The molecule has 0 aliphatic heterocycles. The number of hydrogen-bond acceptors (Lipinski definition) is 4. The van der Waals surface area contributed by atoms with Gasteiger partial charge >= 0.3 is 0 Å². The first-order valence-corrected chi connectivity index (χ1v) is 7.76. The number of benzene rings is 2. The third-order valence-corrected chi connectivity index (χ3v) is 4.76. The lowest BCUT2D eigenvalue weighted by molar-refractivity contribution is -0.303. The summed E-state index contributed by atoms with van der Waals surface area (Å²) in [6.45, 7) is -0.779. The lowest BCUT2D eigenvalue weighted by atomic mass is 10.3. The van der Waals surface area contributed by atoms with Gasteiger partial charge in [-0.25, -0.2) is 8.42 Å². The van der Waals surface area contributed by atoms with Crippen molar-refractivity contribution in [1.29, 1.82) is 0 Å². The summed E-state index contributed by atoms with van der Waals surface area (Å²) in [6, 6.07) is 13.4. The summed E-state index contributed by atoms with van der Waals surface area (Å²) in [5.74, 6) is -1.50. The number of hydrogen-bond donors (Lipinski definition) is 0. The van der Waals surface area contributed by atoms with Gasteiger partial charge in [0.25, 0.3) is 10.0 Å². The first-order valence-electron chi connectivity index (χ1n) is 5.94. The van der Waals surface area contributed by atoms with E-state index < -0.39 is 22.5 Å². The maximum absolute atomic E-state index is 12.6. The van der Waals surface area contributed by atoms with Crippen LogP contribution in [0.2, 0.25) is 5.02 Å². The second-order valence-corrected chi connectivity index (χ2v) is 6.47. The molecule has 0 aliphatic carbocycles. The van der Waals surface area contributed by atoms with Gasteiger partial charge in [-0.2, -0.15) is 0 Å². The fourth-order valence-electron chi connectivity index (χ4n) is 1.76. The molecule has 5 nitrogen and oxygen atoms in total. The van der Waals surface area contributed by atoms with Crippen molar-refractivity contribution in [2.75, 3.05) is 10.8 Å². The molecule has 0 atom stereocenters. The highest BCUT2D eigenvalue weighted by Crippen LogP contribution is 2.24. The second-order valence-electron chi connectivity index (χ2n) is 4.17. The number of anilines is 1. The van der Waals surface area contributed by atoms with Crippen LogP contribution in [-0.2, 0) is 14.8 Å². The maximum atomic E-state index is 12.6. The minimum Gasteiger partial charge on any atom is -0.548 e. The SMILES string of the molecule is O=C([O-])CN(c1ccc(Cl)cc1)S(=O)(=O)c1ccccc1. The standard InChI is InChI=1S/C14H12ClNO4S/c15-11-6-8-12(9-7-11)16(10-14(17)18)21(19,20)13-4-2-1-3-5-13/h1-9H,10H2,(H,17,18)/p-1. The zero-order valence-electron chi connectivity index (χ0n) is 10.8. The Bertz CT molecular complexity index is 729. The monoisotopic (exact) mass is 324 g/mol. The van der Waals surface area contributed by atoms with Gasteiger partial charge in [0, 0.05) is 5.02 Å². The number of rotatable bonds is 5. The normalized spacial score (nSPS) is 11.1.